The van der Waals surface area contributed by atoms with Crippen molar-refractivity contribution in [3.05, 3.63) is 35.9 Å². The lowest BCUT2D eigenvalue weighted by Crippen LogP contribution is -2.54. The molecule has 11 heteroatoms. The van der Waals surface area contributed by atoms with Gasteiger partial charge in [-0.05, 0) is 24.8 Å². The summed E-state index contributed by atoms with van der Waals surface area (Å²) in [6.45, 7) is 4.74. The minimum Gasteiger partial charge on any atom is -0.445 e. The number of likely N-dealkylation sites (N-methyl/N-ethyl adjacent to an activating group) is 1. The maximum absolute atomic E-state index is 12.7. The van der Waals surface area contributed by atoms with Gasteiger partial charge in [0.05, 0.1) is 13.1 Å². The molecule has 182 valence electrons. The van der Waals surface area contributed by atoms with Gasteiger partial charge in [0.1, 0.15) is 18.7 Å². The van der Waals surface area contributed by atoms with E-state index in [1.165, 1.54) is 14.0 Å². The lowest BCUT2D eigenvalue weighted by molar-refractivity contribution is -0.131. The van der Waals surface area contributed by atoms with E-state index < -0.39 is 35.9 Å². The Balaban J connectivity index is 2.53. The zero-order chi connectivity index (χ0) is 24.8. The molecule has 5 N–H and O–H groups in total. The van der Waals surface area contributed by atoms with Gasteiger partial charge in [-0.3, -0.25) is 19.2 Å². The molecule has 0 saturated heterocycles. The second kappa shape index (κ2) is 14.4. The van der Waals surface area contributed by atoms with Crippen molar-refractivity contribution in [2.45, 2.75) is 45.9 Å². The Morgan fingerprint density at radius 1 is 0.848 bits per heavy atom. The highest BCUT2D eigenvalue weighted by Gasteiger charge is 2.26. The molecule has 5 amide bonds. The topological polar surface area (TPSA) is 155 Å². The minimum atomic E-state index is -0.957. The molecular formula is C22H33N5O6. The summed E-state index contributed by atoms with van der Waals surface area (Å²) in [5.41, 5.74) is 0.808. The summed E-state index contributed by atoms with van der Waals surface area (Å²) in [6.07, 6.45) is -0.410. The zero-order valence-electron chi connectivity index (χ0n) is 19.4. The summed E-state index contributed by atoms with van der Waals surface area (Å²) in [6, 6.07) is 7.25. The largest absolute Gasteiger partial charge is 0.445 e. The maximum Gasteiger partial charge on any atom is 0.408 e. The van der Waals surface area contributed by atoms with Crippen LogP contribution in [0, 0.1) is 5.92 Å². The van der Waals surface area contributed by atoms with E-state index in [-0.39, 0.29) is 31.5 Å². The van der Waals surface area contributed by atoms with Crippen LogP contribution >= 0.6 is 0 Å². The fourth-order valence-corrected chi connectivity index (χ4v) is 2.64. The summed E-state index contributed by atoms with van der Waals surface area (Å²) in [5.74, 6) is -1.98. The number of hydrogen-bond acceptors (Lipinski definition) is 6. The van der Waals surface area contributed by atoms with E-state index in [1.807, 2.05) is 44.2 Å². The van der Waals surface area contributed by atoms with Crippen molar-refractivity contribution in [3.63, 3.8) is 0 Å². The van der Waals surface area contributed by atoms with E-state index in [9.17, 15) is 24.0 Å². The third-order valence-corrected chi connectivity index (χ3v) is 4.43. The lowest BCUT2D eigenvalue weighted by atomic mass is 10.0. The molecule has 11 nitrogen and oxygen atoms in total. The summed E-state index contributed by atoms with van der Waals surface area (Å²) in [5, 5.41) is 12.1. The van der Waals surface area contributed by atoms with Gasteiger partial charge in [-0.1, -0.05) is 44.2 Å². The second-order valence-corrected chi connectivity index (χ2v) is 7.79. The van der Waals surface area contributed by atoms with Gasteiger partial charge in [-0.2, -0.15) is 0 Å². The van der Waals surface area contributed by atoms with E-state index >= 15 is 0 Å². The van der Waals surface area contributed by atoms with Gasteiger partial charge in [-0.25, -0.2) is 4.79 Å². The van der Waals surface area contributed by atoms with Crippen LogP contribution in [0.2, 0.25) is 0 Å². The van der Waals surface area contributed by atoms with E-state index in [2.05, 4.69) is 26.6 Å². The summed E-state index contributed by atoms with van der Waals surface area (Å²) < 4.78 is 5.17. The average molecular weight is 464 g/mol. The van der Waals surface area contributed by atoms with Crippen LogP contribution < -0.4 is 26.6 Å². The molecule has 0 unspecified atom stereocenters. The maximum atomic E-state index is 12.7. The van der Waals surface area contributed by atoms with Crippen molar-refractivity contribution in [1.82, 2.24) is 26.6 Å². The van der Waals surface area contributed by atoms with Gasteiger partial charge in [0, 0.05) is 7.05 Å². The van der Waals surface area contributed by atoms with Crippen molar-refractivity contribution in [1.29, 1.82) is 0 Å². The standard InChI is InChI=1S/C22H33N5O6/c1-14(2)10-17(27-22(32)33-13-16-8-6-5-7-9-16)21(31)26-15(3)20(30)25-12-19(29)24-11-18(28)23-4/h5-9,14-15,17H,10-13H2,1-4H3,(H,23,28)(H,24,29)(H,25,30)(H,26,31)(H,27,32)/t15-,17-/m0/s1. The number of amides is 5. The normalized spacial score (nSPS) is 12.2. The lowest BCUT2D eigenvalue weighted by Gasteiger charge is -2.22. The van der Waals surface area contributed by atoms with E-state index in [0.717, 1.165) is 5.56 Å². The first kappa shape index (κ1) is 27.4. The van der Waals surface area contributed by atoms with Crippen molar-refractivity contribution in [2.75, 3.05) is 20.1 Å². The molecule has 33 heavy (non-hydrogen) atoms. The first-order chi connectivity index (χ1) is 15.6. The molecular weight excluding hydrogens is 430 g/mol. The molecule has 0 aliphatic heterocycles. The van der Waals surface area contributed by atoms with Crippen LogP contribution in [0.25, 0.3) is 0 Å². The molecule has 0 bridgehead atoms. The SMILES string of the molecule is CNC(=O)CNC(=O)CNC(=O)[C@H](C)NC(=O)[C@H](CC(C)C)NC(=O)OCc1ccccc1. The van der Waals surface area contributed by atoms with Crippen LogP contribution in [0.1, 0.15) is 32.8 Å². The Morgan fingerprint density at radius 3 is 2.09 bits per heavy atom. The highest BCUT2D eigenvalue weighted by atomic mass is 16.5. The number of nitrogens with one attached hydrogen (secondary N) is 5. The summed E-state index contributed by atoms with van der Waals surface area (Å²) in [4.78, 5) is 59.8. The monoisotopic (exact) mass is 463 g/mol. The van der Waals surface area contributed by atoms with Crippen LogP contribution in [-0.4, -0.2) is 61.9 Å². The Bertz CT molecular complexity index is 815. The predicted octanol–water partition coefficient (Wildman–Crippen LogP) is -0.189. The van der Waals surface area contributed by atoms with Crippen molar-refractivity contribution in [3.8, 4) is 0 Å². The number of carbonyl (C=O) groups excluding carboxylic acids is 5. The van der Waals surface area contributed by atoms with Crippen LogP contribution in [0.15, 0.2) is 30.3 Å². The third kappa shape index (κ3) is 11.5. The Morgan fingerprint density at radius 2 is 1.48 bits per heavy atom. The number of benzene rings is 1. The molecule has 0 radical (unpaired) electrons. The molecule has 1 rings (SSSR count). The average Bonchev–Trinajstić information content (AvgIpc) is 2.79. The fourth-order valence-electron chi connectivity index (χ4n) is 2.64. The van der Waals surface area contributed by atoms with Crippen LogP contribution in [0.4, 0.5) is 4.79 Å². The van der Waals surface area contributed by atoms with Crippen molar-refractivity contribution < 1.29 is 28.7 Å². The molecule has 0 fully saturated rings. The van der Waals surface area contributed by atoms with Gasteiger partial charge >= 0.3 is 6.09 Å². The molecule has 0 aliphatic carbocycles. The van der Waals surface area contributed by atoms with Crippen LogP contribution in [0.3, 0.4) is 0 Å². The summed E-state index contributed by atoms with van der Waals surface area (Å²) in [7, 11) is 1.44. The molecule has 0 heterocycles. The smallest absolute Gasteiger partial charge is 0.408 e. The highest BCUT2D eigenvalue weighted by molar-refractivity contribution is 5.93. The molecule has 0 aliphatic rings. The van der Waals surface area contributed by atoms with Crippen molar-refractivity contribution in [2.24, 2.45) is 5.92 Å². The first-order valence-electron chi connectivity index (χ1n) is 10.6. The molecule has 1 aromatic carbocycles. The van der Waals surface area contributed by atoms with Crippen LogP contribution in [-0.2, 0) is 30.5 Å². The number of hydrogen-bond donors (Lipinski definition) is 5. The van der Waals surface area contributed by atoms with Gasteiger partial charge < -0.3 is 31.3 Å². The fraction of sp³-hybridized carbons (Fsp3) is 0.500. The molecule has 0 aromatic heterocycles. The predicted molar refractivity (Wildman–Crippen MR) is 121 cm³/mol. The van der Waals surface area contributed by atoms with Crippen LogP contribution in [0.5, 0.6) is 0 Å². The van der Waals surface area contributed by atoms with Gasteiger partial charge in [-0.15, -0.1) is 0 Å². The number of rotatable bonds is 12. The second-order valence-electron chi connectivity index (χ2n) is 7.79. The van der Waals surface area contributed by atoms with Crippen molar-refractivity contribution >= 4 is 29.7 Å². The Kier molecular flexibility index (Phi) is 12.0. The number of alkyl carbamates (subject to hydrolysis) is 1. The molecule has 0 saturated carbocycles. The molecule has 1 aromatic rings. The Hall–Kier alpha value is -3.63. The Labute approximate surface area is 193 Å². The molecule has 0 spiro atoms. The summed E-state index contributed by atoms with van der Waals surface area (Å²) >= 11 is 0. The third-order valence-electron chi connectivity index (χ3n) is 4.43. The molecule has 2 atom stereocenters. The first-order valence-corrected chi connectivity index (χ1v) is 10.6. The quantitative estimate of drug-likeness (QED) is 0.289. The number of carbonyl (C=O) groups is 5. The van der Waals surface area contributed by atoms with Gasteiger partial charge in [0.25, 0.3) is 0 Å². The van der Waals surface area contributed by atoms with E-state index in [4.69, 9.17) is 4.74 Å². The van der Waals surface area contributed by atoms with E-state index in [0.29, 0.717) is 6.42 Å². The van der Waals surface area contributed by atoms with Gasteiger partial charge in [0.15, 0.2) is 0 Å². The van der Waals surface area contributed by atoms with Gasteiger partial charge in [0.2, 0.25) is 23.6 Å². The van der Waals surface area contributed by atoms with E-state index in [1.54, 1.807) is 0 Å². The number of ether oxygens (including phenoxy) is 1. The zero-order valence-corrected chi connectivity index (χ0v) is 19.4. The highest BCUT2D eigenvalue weighted by Crippen LogP contribution is 2.07. The minimum absolute atomic E-state index is 0.0590.